The van der Waals surface area contributed by atoms with Crippen LogP contribution in [-0.4, -0.2) is 12.2 Å². The van der Waals surface area contributed by atoms with Gasteiger partial charge < -0.3 is 9.84 Å². The molecule has 1 aromatic carbocycles. The second kappa shape index (κ2) is 5.95. The lowest BCUT2D eigenvalue weighted by molar-refractivity contribution is 0.223. The smallest absolute Gasteiger partial charge is 0.122 e. The van der Waals surface area contributed by atoms with Crippen LogP contribution in [-0.2, 0) is 0 Å². The van der Waals surface area contributed by atoms with Crippen LogP contribution in [0.15, 0.2) is 26.5 Å². The van der Waals surface area contributed by atoms with E-state index in [1.54, 1.807) is 7.11 Å². The minimum absolute atomic E-state index is 0.614. The number of hydrogen-bond acceptors (Lipinski definition) is 3. The Labute approximate surface area is 133 Å². The molecule has 5 heteroatoms. The van der Waals surface area contributed by atoms with Crippen LogP contribution in [0.5, 0.6) is 5.75 Å². The summed E-state index contributed by atoms with van der Waals surface area (Å²) < 4.78 is 7.25. The number of ether oxygens (including phenoxy) is 1. The molecule has 1 heterocycles. The van der Waals surface area contributed by atoms with Crippen LogP contribution in [0.1, 0.15) is 27.7 Å². The molecule has 1 N–H and O–H groups in total. The Morgan fingerprint density at radius 3 is 2.37 bits per heavy atom. The van der Waals surface area contributed by atoms with Gasteiger partial charge in [-0.05, 0) is 80.6 Å². The van der Waals surface area contributed by atoms with Crippen molar-refractivity contribution in [1.82, 2.24) is 0 Å². The van der Waals surface area contributed by atoms with E-state index in [-0.39, 0.29) is 0 Å². The zero-order valence-electron chi connectivity index (χ0n) is 10.8. The topological polar surface area (TPSA) is 29.5 Å². The SMILES string of the molecule is COc1cc(C)c(C(O)c2cc(Br)c(Br)s2)cc1C. The predicted molar refractivity (Wildman–Crippen MR) is 86.2 cm³/mol. The number of methoxy groups -OCH3 is 1. The summed E-state index contributed by atoms with van der Waals surface area (Å²) in [6.45, 7) is 3.97. The summed E-state index contributed by atoms with van der Waals surface area (Å²) in [6, 6.07) is 5.89. The van der Waals surface area contributed by atoms with Crippen molar-refractivity contribution in [3.63, 3.8) is 0 Å². The van der Waals surface area contributed by atoms with Gasteiger partial charge in [0.25, 0.3) is 0 Å². The molecule has 0 bridgehead atoms. The van der Waals surface area contributed by atoms with Crippen LogP contribution in [0, 0.1) is 13.8 Å². The van der Waals surface area contributed by atoms with Gasteiger partial charge in [-0.2, -0.15) is 0 Å². The van der Waals surface area contributed by atoms with E-state index in [9.17, 15) is 5.11 Å². The predicted octanol–water partition coefficient (Wildman–Crippen LogP) is 4.98. The van der Waals surface area contributed by atoms with Crippen molar-refractivity contribution in [2.75, 3.05) is 7.11 Å². The molecule has 0 aliphatic rings. The van der Waals surface area contributed by atoms with E-state index in [1.807, 2.05) is 32.0 Å². The minimum Gasteiger partial charge on any atom is -0.496 e. The van der Waals surface area contributed by atoms with Crippen LogP contribution < -0.4 is 4.74 Å². The molecule has 1 unspecified atom stereocenters. The minimum atomic E-state index is -0.614. The Morgan fingerprint density at radius 1 is 1.16 bits per heavy atom. The lowest BCUT2D eigenvalue weighted by Gasteiger charge is -2.15. The van der Waals surface area contributed by atoms with Gasteiger partial charge >= 0.3 is 0 Å². The van der Waals surface area contributed by atoms with E-state index in [4.69, 9.17) is 4.74 Å². The molecule has 2 nitrogen and oxygen atoms in total. The van der Waals surface area contributed by atoms with Crippen molar-refractivity contribution < 1.29 is 9.84 Å². The summed E-state index contributed by atoms with van der Waals surface area (Å²) in [6.07, 6.45) is -0.614. The first-order chi connectivity index (χ1) is 8.93. The van der Waals surface area contributed by atoms with Gasteiger partial charge in [0.15, 0.2) is 0 Å². The van der Waals surface area contributed by atoms with Gasteiger partial charge in [0.05, 0.1) is 10.9 Å². The Balaban J connectivity index is 2.44. The standard InChI is InChI=1S/C14H14Br2O2S/c1-7-5-11(18-3)8(2)4-9(7)13(17)12-6-10(15)14(16)19-12/h4-6,13,17H,1-3H3. The van der Waals surface area contributed by atoms with E-state index in [0.717, 1.165) is 35.6 Å². The van der Waals surface area contributed by atoms with Gasteiger partial charge in [-0.25, -0.2) is 0 Å². The molecule has 0 saturated heterocycles. The number of rotatable bonds is 3. The van der Waals surface area contributed by atoms with Crippen LogP contribution in [0.4, 0.5) is 0 Å². The first-order valence-corrected chi connectivity index (χ1v) is 8.12. The molecule has 0 spiro atoms. The lowest BCUT2D eigenvalue weighted by Crippen LogP contribution is -2.01. The molecule has 0 aliphatic carbocycles. The fraction of sp³-hybridized carbons (Fsp3) is 0.286. The molecule has 0 radical (unpaired) electrons. The van der Waals surface area contributed by atoms with Crippen molar-refractivity contribution in [3.8, 4) is 5.75 Å². The Bertz CT molecular complexity index is 588. The molecule has 19 heavy (non-hydrogen) atoms. The van der Waals surface area contributed by atoms with E-state index >= 15 is 0 Å². The summed E-state index contributed by atoms with van der Waals surface area (Å²) in [7, 11) is 1.66. The average molecular weight is 406 g/mol. The Morgan fingerprint density at radius 2 is 1.84 bits per heavy atom. The third-order valence-corrected chi connectivity index (χ3v) is 6.32. The fourth-order valence-electron chi connectivity index (χ4n) is 1.98. The van der Waals surface area contributed by atoms with E-state index in [1.165, 1.54) is 11.3 Å². The van der Waals surface area contributed by atoms with E-state index < -0.39 is 6.10 Å². The van der Waals surface area contributed by atoms with Crippen LogP contribution >= 0.6 is 43.2 Å². The summed E-state index contributed by atoms with van der Waals surface area (Å²) in [5.41, 5.74) is 2.96. The molecule has 2 rings (SSSR count). The van der Waals surface area contributed by atoms with Gasteiger partial charge in [0, 0.05) is 9.35 Å². The van der Waals surface area contributed by atoms with Crippen molar-refractivity contribution in [1.29, 1.82) is 0 Å². The molecule has 1 aromatic heterocycles. The molecule has 2 aromatic rings. The summed E-state index contributed by atoms with van der Waals surface area (Å²) in [5.74, 6) is 0.849. The van der Waals surface area contributed by atoms with Crippen molar-refractivity contribution in [2.45, 2.75) is 20.0 Å². The van der Waals surface area contributed by atoms with Crippen LogP contribution in [0.2, 0.25) is 0 Å². The van der Waals surface area contributed by atoms with Crippen molar-refractivity contribution in [2.24, 2.45) is 0 Å². The van der Waals surface area contributed by atoms with E-state index in [0.29, 0.717) is 0 Å². The van der Waals surface area contributed by atoms with Gasteiger partial charge in [-0.1, -0.05) is 0 Å². The second-order valence-corrected chi connectivity index (χ2v) is 7.61. The van der Waals surface area contributed by atoms with E-state index in [2.05, 4.69) is 31.9 Å². The summed E-state index contributed by atoms with van der Waals surface area (Å²) in [5, 5.41) is 10.5. The molecule has 1 atom stereocenters. The maximum Gasteiger partial charge on any atom is 0.122 e. The van der Waals surface area contributed by atoms with Crippen molar-refractivity contribution >= 4 is 43.2 Å². The van der Waals surface area contributed by atoms with Gasteiger partial charge in [0.2, 0.25) is 0 Å². The summed E-state index contributed by atoms with van der Waals surface area (Å²) >= 11 is 8.43. The molecule has 0 amide bonds. The quantitative estimate of drug-likeness (QED) is 0.780. The number of hydrogen-bond donors (Lipinski definition) is 1. The number of aliphatic hydroxyl groups is 1. The molecule has 0 aliphatic heterocycles. The average Bonchev–Trinajstić information content (AvgIpc) is 2.71. The highest BCUT2D eigenvalue weighted by atomic mass is 79.9. The molecule has 0 fully saturated rings. The second-order valence-electron chi connectivity index (χ2n) is 4.35. The zero-order valence-corrected chi connectivity index (χ0v) is 14.8. The maximum absolute atomic E-state index is 10.5. The fourth-order valence-corrected chi connectivity index (χ4v) is 4.07. The first-order valence-electron chi connectivity index (χ1n) is 5.72. The normalized spacial score (nSPS) is 12.5. The van der Waals surface area contributed by atoms with Crippen LogP contribution in [0.3, 0.4) is 0 Å². The molecule has 102 valence electrons. The summed E-state index contributed by atoms with van der Waals surface area (Å²) in [4.78, 5) is 0.909. The highest BCUT2D eigenvalue weighted by molar-refractivity contribution is 9.13. The first kappa shape index (κ1) is 15.0. The number of thiophene rings is 1. The number of aliphatic hydroxyl groups excluding tert-OH is 1. The third-order valence-electron chi connectivity index (χ3n) is 3.01. The maximum atomic E-state index is 10.5. The highest BCUT2D eigenvalue weighted by Gasteiger charge is 2.18. The Hall–Kier alpha value is -0.360. The number of aryl methyl sites for hydroxylation is 2. The monoisotopic (exact) mass is 404 g/mol. The van der Waals surface area contributed by atoms with Gasteiger partial charge in [-0.3, -0.25) is 0 Å². The molecule has 0 saturated carbocycles. The van der Waals surface area contributed by atoms with Gasteiger partial charge in [0.1, 0.15) is 11.9 Å². The Kier molecular flexibility index (Phi) is 4.71. The molecular weight excluding hydrogens is 392 g/mol. The third kappa shape index (κ3) is 3.05. The van der Waals surface area contributed by atoms with Gasteiger partial charge in [-0.15, -0.1) is 11.3 Å². The highest BCUT2D eigenvalue weighted by Crippen LogP contribution is 2.39. The van der Waals surface area contributed by atoms with Crippen molar-refractivity contribution in [3.05, 3.63) is 48.0 Å². The number of benzene rings is 1. The lowest BCUT2D eigenvalue weighted by atomic mass is 9.99. The molecular formula is C14H14Br2O2S. The zero-order chi connectivity index (χ0) is 14.2. The largest absolute Gasteiger partial charge is 0.496 e. The number of halogens is 2. The van der Waals surface area contributed by atoms with Crippen LogP contribution in [0.25, 0.3) is 0 Å².